The lowest BCUT2D eigenvalue weighted by atomic mass is 9.99. The van der Waals surface area contributed by atoms with E-state index in [1.165, 1.54) is 11.8 Å². The fraction of sp³-hybridized carbons (Fsp3) is 0.500. The highest BCUT2D eigenvalue weighted by molar-refractivity contribution is 8.26. The molecule has 25 heavy (non-hydrogen) atoms. The van der Waals surface area contributed by atoms with Crippen molar-refractivity contribution >= 4 is 57.5 Å². The van der Waals surface area contributed by atoms with Gasteiger partial charge in [-0.05, 0) is 42.7 Å². The first kappa shape index (κ1) is 18.6. The number of nitrogens with zero attached hydrogens (tertiary/aromatic N) is 2. The summed E-state index contributed by atoms with van der Waals surface area (Å²) in [6.07, 6.45) is 5.21. The molecular formula is C18H22N2O2S3. The van der Waals surface area contributed by atoms with Crippen molar-refractivity contribution in [2.24, 2.45) is 5.92 Å². The summed E-state index contributed by atoms with van der Waals surface area (Å²) in [6.45, 7) is 4.48. The van der Waals surface area contributed by atoms with Gasteiger partial charge in [-0.15, -0.1) is 11.3 Å². The number of carbonyl (C=O) groups excluding carboxylic acids is 2. The molecule has 0 radical (unpaired) electrons. The Morgan fingerprint density at radius 2 is 2.16 bits per heavy atom. The Bertz CT molecular complexity index is 677. The fourth-order valence-electron chi connectivity index (χ4n) is 3.00. The van der Waals surface area contributed by atoms with Crippen LogP contribution < -0.4 is 0 Å². The highest BCUT2D eigenvalue weighted by Gasteiger charge is 2.32. The minimum Gasteiger partial charge on any atom is -0.343 e. The molecule has 7 heteroatoms. The van der Waals surface area contributed by atoms with Gasteiger partial charge >= 0.3 is 0 Å². The number of likely N-dealkylation sites (tertiary alicyclic amines) is 1. The van der Waals surface area contributed by atoms with Crippen LogP contribution in [-0.2, 0) is 9.59 Å². The maximum atomic E-state index is 12.5. The summed E-state index contributed by atoms with van der Waals surface area (Å²) in [7, 11) is 0. The molecule has 0 spiro atoms. The van der Waals surface area contributed by atoms with Crippen LogP contribution in [0.5, 0.6) is 0 Å². The maximum Gasteiger partial charge on any atom is 0.266 e. The van der Waals surface area contributed by atoms with Crippen LogP contribution in [0.25, 0.3) is 6.08 Å². The maximum absolute atomic E-state index is 12.5. The molecule has 3 heterocycles. The van der Waals surface area contributed by atoms with Gasteiger partial charge in [-0.1, -0.05) is 37.0 Å². The summed E-state index contributed by atoms with van der Waals surface area (Å²) in [5, 5.41) is 1.99. The molecule has 0 aliphatic carbocycles. The zero-order valence-corrected chi connectivity index (χ0v) is 16.7. The highest BCUT2D eigenvalue weighted by atomic mass is 32.2. The number of piperidine rings is 1. The summed E-state index contributed by atoms with van der Waals surface area (Å²) < 4.78 is 0.590. The highest BCUT2D eigenvalue weighted by Crippen LogP contribution is 2.33. The number of amides is 2. The fourth-order valence-corrected chi connectivity index (χ4v) is 5.03. The molecule has 1 aromatic rings. The van der Waals surface area contributed by atoms with Crippen LogP contribution in [0, 0.1) is 5.92 Å². The van der Waals surface area contributed by atoms with Gasteiger partial charge in [-0.3, -0.25) is 14.5 Å². The van der Waals surface area contributed by atoms with E-state index in [-0.39, 0.29) is 11.8 Å². The van der Waals surface area contributed by atoms with Gasteiger partial charge < -0.3 is 4.90 Å². The second-order valence-electron chi connectivity index (χ2n) is 6.52. The van der Waals surface area contributed by atoms with Crippen molar-refractivity contribution in [3.05, 3.63) is 27.3 Å². The molecule has 0 saturated carbocycles. The Morgan fingerprint density at radius 3 is 2.84 bits per heavy atom. The van der Waals surface area contributed by atoms with Crippen molar-refractivity contribution in [2.75, 3.05) is 19.6 Å². The minimum atomic E-state index is -0.0392. The number of rotatable bonds is 5. The average Bonchev–Trinajstić information content (AvgIpc) is 3.19. The van der Waals surface area contributed by atoms with Gasteiger partial charge in [0.1, 0.15) is 4.32 Å². The first-order chi connectivity index (χ1) is 12.0. The van der Waals surface area contributed by atoms with E-state index >= 15 is 0 Å². The van der Waals surface area contributed by atoms with E-state index in [0.29, 0.717) is 34.5 Å². The van der Waals surface area contributed by atoms with Crippen molar-refractivity contribution in [3.63, 3.8) is 0 Å². The molecule has 0 atom stereocenters. The third-order valence-corrected chi connectivity index (χ3v) is 6.80. The minimum absolute atomic E-state index is 0.0392. The van der Waals surface area contributed by atoms with Gasteiger partial charge in [0.2, 0.25) is 5.91 Å². The molecule has 0 unspecified atom stereocenters. The largest absolute Gasteiger partial charge is 0.343 e. The summed E-state index contributed by atoms with van der Waals surface area (Å²) >= 11 is 8.29. The molecule has 1 aromatic heterocycles. The first-order valence-corrected chi connectivity index (χ1v) is 10.7. The number of carbonyl (C=O) groups is 2. The SMILES string of the molecule is CC1CCN(C(=O)CCCN2C(=O)/C(=C/c3cccs3)SC2=S)CC1. The Morgan fingerprint density at radius 1 is 1.40 bits per heavy atom. The molecule has 4 nitrogen and oxygen atoms in total. The van der Waals surface area contributed by atoms with Crippen molar-refractivity contribution in [1.82, 2.24) is 9.80 Å². The van der Waals surface area contributed by atoms with Gasteiger partial charge in [0.05, 0.1) is 4.91 Å². The van der Waals surface area contributed by atoms with E-state index in [2.05, 4.69) is 6.92 Å². The molecule has 2 amide bonds. The summed E-state index contributed by atoms with van der Waals surface area (Å²) in [4.78, 5) is 30.1. The molecule has 134 valence electrons. The van der Waals surface area contributed by atoms with E-state index in [1.807, 2.05) is 28.5 Å². The number of hydrogen-bond acceptors (Lipinski definition) is 5. The molecular weight excluding hydrogens is 372 g/mol. The van der Waals surface area contributed by atoms with Crippen molar-refractivity contribution in [2.45, 2.75) is 32.6 Å². The topological polar surface area (TPSA) is 40.6 Å². The van der Waals surface area contributed by atoms with E-state index < -0.39 is 0 Å². The Kier molecular flexibility index (Phi) is 6.30. The second-order valence-corrected chi connectivity index (χ2v) is 9.17. The normalized spacial score (nSPS) is 20.8. The van der Waals surface area contributed by atoms with Crippen LogP contribution in [0.15, 0.2) is 22.4 Å². The number of thioether (sulfide) groups is 1. The van der Waals surface area contributed by atoms with Gasteiger partial charge in [0.15, 0.2) is 0 Å². The quantitative estimate of drug-likeness (QED) is 0.559. The van der Waals surface area contributed by atoms with Crippen LogP contribution in [0.1, 0.15) is 37.5 Å². The molecule has 2 saturated heterocycles. The van der Waals surface area contributed by atoms with Gasteiger partial charge in [0, 0.05) is 30.9 Å². The van der Waals surface area contributed by atoms with Crippen molar-refractivity contribution in [3.8, 4) is 0 Å². The number of hydrogen-bond donors (Lipinski definition) is 0. The Labute approximate surface area is 162 Å². The van der Waals surface area contributed by atoms with E-state index in [0.717, 1.165) is 30.8 Å². The predicted octanol–water partition coefficient (Wildman–Crippen LogP) is 3.99. The molecule has 2 aliphatic rings. The second kappa shape index (κ2) is 8.47. The van der Waals surface area contributed by atoms with E-state index in [9.17, 15) is 9.59 Å². The van der Waals surface area contributed by atoms with Gasteiger partial charge in [-0.2, -0.15) is 0 Å². The number of thiocarbonyl (C=S) groups is 1. The molecule has 2 aliphatic heterocycles. The Hall–Kier alpha value is -1.18. The number of thiophene rings is 1. The molecule has 2 fully saturated rings. The summed E-state index contributed by atoms with van der Waals surface area (Å²) in [5.41, 5.74) is 0. The first-order valence-electron chi connectivity index (χ1n) is 8.61. The van der Waals surface area contributed by atoms with Crippen LogP contribution in [0.4, 0.5) is 0 Å². The van der Waals surface area contributed by atoms with Crippen LogP contribution in [0.2, 0.25) is 0 Å². The van der Waals surface area contributed by atoms with Gasteiger partial charge in [0.25, 0.3) is 5.91 Å². The third-order valence-electron chi connectivity index (χ3n) is 4.60. The monoisotopic (exact) mass is 394 g/mol. The van der Waals surface area contributed by atoms with Crippen LogP contribution in [0.3, 0.4) is 0 Å². The summed E-state index contributed by atoms with van der Waals surface area (Å²) in [5.74, 6) is 0.878. The predicted molar refractivity (Wildman–Crippen MR) is 108 cm³/mol. The Balaban J connectivity index is 1.49. The van der Waals surface area contributed by atoms with Crippen LogP contribution in [-0.4, -0.2) is 45.6 Å². The lowest BCUT2D eigenvalue weighted by Crippen LogP contribution is -2.38. The zero-order valence-electron chi connectivity index (χ0n) is 14.3. The zero-order chi connectivity index (χ0) is 17.8. The lowest BCUT2D eigenvalue weighted by molar-refractivity contribution is -0.133. The smallest absolute Gasteiger partial charge is 0.266 e. The molecule has 0 N–H and O–H groups in total. The van der Waals surface area contributed by atoms with Crippen molar-refractivity contribution in [1.29, 1.82) is 0 Å². The van der Waals surface area contributed by atoms with Crippen molar-refractivity contribution < 1.29 is 9.59 Å². The van der Waals surface area contributed by atoms with Crippen LogP contribution >= 0.6 is 35.3 Å². The van der Waals surface area contributed by atoms with E-state index in [4.69, 9.17) is 12.2 Å². The molecule has 3 rings (SSSR count). The summed E-state index contributed by atoms with van der Waals surface area (Å²) in [6, 6.07) is 3.94. The molecule has 0 bridgehead atoms. The standard InChI is InChI=1S/C18H22N2O2S3/c1-13-6-9-19(10-7-13)16(21)5-2-8-20-17(22)15(25-18(20)23)12-14-4-3-11-24-14/h3-4,11-13H,2,5-10H2,1H3/b15-12-. The van der Waals surface area contributed by atoms with E-state index in [1.54, 1.807) is 16.2 Å². The lowest BCUT2D eigenvalue weighted by Gasteiger charge is -2.30. The van der Waals surface area contributed by atoms with Gasteiger partial charge in [-0.25, -0.2) is 0 Å². The molecule has 0 aromatic carbocycles. The third kappa shape index (κ3) is 4.71. The average molecular weight is 395 g/mol.